The predicted octanol–water partition coefficient (Wildman–Crippen LogP) is 3.44. The van der Waals surface area contributed by atoms with E-state index in [1.165, 1.54) is 12.1 Å². The van der Waals surface area contributed by atoms with E-state index >= 15 is 0 Å². The number of halogens is 3. The standard InChI is InChI=1S/C17H22F3N5O/c1-3-4-5-7-12(2)21-15(26)11-25-23-16(22-24-25)13-8-6-9-14(10-13)17(18,19)20/h6,8-10,12H,3-5,7,11H2,1-2H3,(H,21,26). The van der Waals surface area contributed by atoms with Gasteiger partial charge in [0.25, 0.3) is 0 Å². The molecule has 1 N–H and O–H groups in total. The van der Waals surface area contributed by atoms with Crippen LogP contribution >= 0.6 is 0 Å². The van der Waals surface area contributed by atoms with E-state index in [9.17, 15) is 18.0 Å². The van der Waals surface area contributed by atoms with Crippen molar-refractivity contribution in [1.29, 1.82) is 0 Å². The molecule has 0 aliphatic heterocycles. The Balaban J connectivity index is 1.96. The number of nitrogens with one attached hydrogen (secondary N) is 1. The first-order valence-electron chi connectivity index (χ1n) is 8.54. The lowest BCUT2D eigenvalue weighted by atomic mass is 10.1. The molecule has 1 amide bonds. The molecule has 0 spiro atoms. The number of hydrogen-bond acceptors (Lipinski definition) is 4. The van der Waals surface area contributed by atoms with Gasteiger partial charge in [-0.15, -0.1) is 10.2 Å². The molecule has 0 fully saturated rings. The number of rotatable bonds is 8. The van der Waals surface area contributed by atoms with Crippen LogP contribution < -0.4 is 5.32 Å². The third-order valence-corrected chi connectivity index (χ3v) is 3.83. The van der Waals surface area contributed by atoms with E-state index in [0.717, 1.165) is 42.6 Å². The Morgan fingerprint density at radius 1 is 1.31 bits per heavy atom. The predicted molar refractivity (Wildman–Crippen MR) is 90.0 cm³/mol. The topological polar surface area (TPSA) is 72.7 Å². The zero-order chi connectivity index (χ0) is 19.2. The van der Waals surface area contributed by atoms with E-state index < -0.39 is 11.7 Å². The fourth-order valence-corrected chi connectivity index (χ4v) is 2.48. The van der Waals surface area contributed by atoms with E-state index in [0.29, 0.717) is 0 Å². The average Bonchev–Trinajstić information content (AvgIpc) is 3.02. The summed E-state index contributed by atoms with van der Waals surface area (Å²) in [6, 6.07) is 4.72. The number of nitrogens with zero attached hydrogens (tertiary/aromatic N) is 4. The molecule has 0 saturated heterocycles. The van der Waals surface area contributed by atoms with Crippen LogP contribution in [0.2, 0.25) is 0 Å². The molecule has 0 radical (unpaired) electrons. The van der Waals surface area contributed by atoms with Crippen molar-refractivity contribution in [3.63, 3.8) is 0 Å². The Kier molecular flexibility index (Phi) is 6.70. The fraction of sp³-hybridized carbons (Fsp3) is 0.529. The lowest BCUT2D eigenvalue weighted by Crippen LogP contribution is -2.35. The molecule has 1 unspecified atom stereocenters. The highest BCUT2D eigenvalue weighted by Crippen LogP contribution is 2.31. The summed E-state index contributed by atoms with van der Waals surface area (Å²) >= 11 is 0. The highest BCUT2D eigenvalue weighted by atomic mass is 19.4. The van der Waals surface area contributed by atoms with Gasteiger partial charge in [0.1, 0.15) is 6.54 Å². The van der Waals surface area contributed by atoms with E-state index in [2.05, 4.69) is 27.7 Å². The minimum absolute atomic E-state index is 0.0416. The van der Waals surface area contributed by atoms with Crippen molar-refractivity contribution in [2.24, 2.45) is 0 Å². The van der Waals surface area contributed by atoms with Crippen LogP contribution in [0, 0.1) is 0 Å². The molecule has 26 heavy (non-hydrogen) atoms. The zero-order valence-corrected chi connectivity index (χ0v) is 14.8. The molecule has 1 aromatic carbocycles. The van der Waals surface area contributed by atoms with E-state index in [1.54, 1.807) is 0 Å². The van der Waals surface area contributed by atoms with Gasteiger partial charge in [0.05, 0.1) is 5.56 Å². The van der Waals surface area contributed by atoms with Crippen molar-refractivity contribution >= 4 is 5.91 Å². The number of carbonyl (C=O) groups is 1. The highest BCUT2D eigenvalue weighted by molar-refractivity contribution is 5.75. The molecule has 1 aromatic heterocycles. The van der Waals surface area contributed by atoms with E-state index in [1.807, 2.05) is 6.92 Å². The summed E-state index contributed by atoms with van der Waals surface area (Å²) in [5.41, 5.74) is -0.593. The lowest BCUT2D eigenvalue weighted by molar-refractivity contribution is -0.137. The second-order valence-corrected chi connectivity index (χ2v) is 6.19. The van der Waals surface area contributed by atoms with E-state index in [4.69, 9.17) is 0 Å². The Bertz CT molecular complexity index is 729. The van der Waals surface area contributed by atoms with Gasteiger partial charge in [-0.05, 0) is 30.7 Å². The van der Waals surface area contributed by atoms with Crippen molar-refractivity contribution in [1.82, 2.24) is 25.5 Å². The summed E-state index contributed by atoms with van der Waals surface area (Å²) < 4.78 is 38.3. The van der Waals surface area contributed by atoms with Crippen molar-refractivity contribution < 1.29 is 18.0 Å². The zero-order valence-electron chi connectivity index (χ0n) is 14.8. The monoisotopic (exact) mass is 369 g/mol. The van der Waals surface area contributed by atoms with Crippen LogP contribution in [0.25, 0.3) is 11.4 Å². The molecule has 0 aliphatic rings. The molecule has 2 rings (SSSR count). The molecule has 1 atom stereocenters. The fourth-order valence-electron chi connectivity index (χ4n) is 2.48. The van der Waals surface area contributed by atoms with Crippen LogP contribution in [0.1, 0.15) is 45.1 Å². The molecule has 6 nitrogen and oxygen atoms in total. The second-order valence-electron chi connectivity index (χ2n) is 6.19. The smallest absolute Gasteiger partial charge is 0.352 e. The quantitative estimate of drug-likeness (QED) is 0.724. The molecular weight excluding hydrogens is 347 g/mol. The first kappa shape index (κ1) is 19.9. The number of aromatic nitrogens is 4. The molecule has 0 aliphatic carbocycles. The van der Waals surface area contributed by atoms with Crippen molar-refractivity contribution in [3.8, 4) is 11.4 Å². The maximum Gasteiger partial charge on any atom is 0.416 e. The molecule has 0 saturated carbocycles. The van der Waals surface area contributed by atoms with Crippen LogP contribution in [0.15, 0.2) is 24.3 Å². The van der Waals surface area contributed by atoms with Gasteiger partial charge in [-0.2, -0.15) is 18.0 Å². The van der Waals surface area contributed by atoms with Crippen LogP contribution in [0.3, 0.4) is 0 Å². The Morgan fingerprint density at radius 3 is 2.77 bits per heavy atom. The number of alkyl halides is 3. The maximum atomic E-state index is 12.8. The number of hydrogen-bond donors (Lipinski definition) is 1. The van der Waals surface area contributed by atoms with Crippen LogP contribution in [0.5, 0.6) is 0 Å². The molecule has 2 aromatic rings. The minimum atomic E-state index is -4.44. The van der Waals surface area contributed by atoms with E-state index in [-0.39, 0.29) is 29.9 Å². The summed E-state index contributed by atoms with van der Waals surface area (Å²) in [6.45, 7) is 3.90. The van der Waals surface area contributed by atoms with Gasteiger partial charge in [-0.3, -0.25) is 4.79 Å². The lowest BCUT2D eigenvalue weighted by Gasteiger charge is -2.12. The summed E-state index contributed by atoms with van der Waals surface area (Å²) in [5.74, 6) is -0.220. The van der Waals surface area contributed by atoms with Crippen LogP contribution in [-0.2, 0) is 17.5 Å². The molecule has 0 bridgehead atoms. The van der Waals surface area contributed by atoms with Crippen LogP contribution in [-0.4, -0.2) is 32.2 Å². The van der Waals surface area contributed by atoms with Crippen molar-refractivity contribution in [3.05, 3.63) is 29.8 Å². The van der Waals surface area contributed by atoms with Gasteiger partial charge in [0.15, 0.2) is 0 Å². The van der Waals surface area contributed by atoms with Gasteiger partial charge >= 0.3 is 6.18 Å². The largest absolute Gasteiger partial charge is 0.416 e. The number of tetrazole rings is 1. The number of amides is 1. The summed E-state index contributed by atoms with van der Waals surface area (Å²) in [4.78, 5) is 13.1. The normalized spacial score (nSPS) is 12.8. The van der Waals surface area contributed by atoms with Crippen molar-refractivity contribution in [2.45, 2.75) is 58.3 Å². The summed E-state index contributed by atoms with van der Waals surface area (Å²) in [5, 5.41) is 14.3. The molecule has 1 heterocycles. The molecule has 9 heteroatoms. The average molecular weight is 369 g/mol. The Hall–Kier alpha value is -2.45. The molecular formula is C17H22F3N5O. The SMILES string of the molecule is CCCCCC(C)NC(=O)Cn1nnc(-c2cccc(C(F)(F)F)c2)n1. The Morgan fingerprint density at radius 2 is 2.08 bits per heavy atom. The Labute approximate surface area is 149 Å². The second kappa shape index (κ2) is 8.77. The van der Waals surface area contributed by atoms with Gasteiger partial charge in [-0.1, -0.05) is 38.3 Å². The first-order chi connectivity index (χ1) is 12.3. The van der Waals surface area contributed by atoms with Crippen LogP contribution in [0.4, 0.5) is 13.2 Å². The number of benzene rings is 1. The van der Waals surface area contributed by atoms with Gasteiger partial charge in [-0.25, -0.2) is 0 Å². The molecule has 142 valence electrons. The minimum Gasteiger partial charge on any atom is -0.352 e. The third-order valence-electron chi connectivity index (χ3n) is 3.83. The first-order valence-corrected chi connectivity index (χ1v) is 8.54. The highest BCUT2D eigenvalue weighted by Gasteiger charge is 2.30. The number of unbranched alkanes of at least 4 members (excludes halogenated alkanes) is 2. The van der Waals surface area contributed by atoms with Gasteiger partial charge in [0.2, 0.25) is 11.7 Å². The van der Waals surface area contributed by atoms with Gasteiger partial charge in [0, 0.05) is 11.6 Å². The third kappa shape index (κ3) is 5.82. The summed E-state index contributed by atoms with van der Waals surface area (Å²) in [7, 11) is 0. The number of carbonyl (C=O) groups excluding carboxylic acids is 1. The summed E-state index contributed by atoms with van der Waals surface area (Å²) in [6.07, 6.45) is -0.286. The van der Waals surface area contributed by atoms with Gasteiger partial charge < -0.3 is 5.32 Å². The van der Waals surface area contributed by atoms with Crippen molar-refractivity contribution in [2.75, 3.05) is 0 Å². The maximum absolute atomic E-state index is 12.8.